The number of thiophene rings is 1. The Balaban J connectivity index is 1.26. The molecule has 164 valence electrons. The Kier molecular flexibility index (Phi) is 6.80. The van der Waals surface area contributed by atoms with Crippen LogP contribution in [-0.2, 0) is 11.3 Å². The quantitative estimate of drug-likeness (QED) is 0.600. The van der Waals surface area contributed by atoms with Gasteiger partial charge in [-0.1, -0.05) is 43.3 Å². The van der Waals surface area contributed by atoms with E-state index in [1.807, 2.05) is 36.6 Å². The summed E-state index contributed by atoms with van der Waals surface area (Å²) in [5, 5.41) is 9.23. The molecular weight excluding hydrogens is 410 g/mol. The summed E-state index contributed by atoms with van der Waals surface area (Å²) in [7, 11) is 0. The summed E-state index contributed by atoms with van der Waals surface area (Å²) >= 11 is 1.60. The molecule has 0 aliphatic carbocycles. The average molecular weight is 440 g/mol. The smallest absolute Gasteiger partial charge is 0.241 e. The lowest BCUT2D eigenvalue weighted by atomic mass is 9.98. The minimum Gasteiger partial charge on any atom is -0.338 e. The topological polar surface area (TPSA) is 74.5 Å². The summed E-state index contributed by atoms with van der Waals surface area (Å²) in [6.07, 6.45) is 0. The number of hydrogen-bond acceptors (Lipinski definition) is 7. The largest absolute Gasteiger partial charge is 0.338 e. The van der Waals surface area contributed by atoms with Crippen LogP contribution >= 0.6 is 11.3 Å². The van der Waals surface area contributed by atoms with Crippen molar-refractivity contribution >= 4 is 22.9 Å². The van der Waals surface area contributed by atoms with Crippen molar-refractivity contribution in [3.63, 3.8) is 0 Å². The number of piperazine rings is 1. The molecule has 7 nitrogen and oxygen atoms in total. The first kappa shape index (κ1) is 21.7. The van der Waals surface area contributed by atoms with Crippen LogP contribution in [0.15, 0.2) is 40.2 Å². The Hall–Kier alpha value is -2.55. The fraction of sp³-hybridized carbons (Fsp3) is 0.435. The van der Waals surface area contributed by atoms with Crippen molar-refractivity contribution in [2.45, 2.75) is 33.2 Å². The van der Waals surface area contributed by atoms with Gasteiger partial charge < -0.3 is 9.84 Å². The molecule has 0 atom stereocenters. The Labute approximate surface area is 187 Å². The molecule has 1 aliphatic rings. The van der Waals surface area contributed by atoms with Crippen LogP contribution in [0, 0.1) is 6.92 Å². The highest BCUT2D eigenvalue weighted by Crippen LogP contribution is 2.27. The molecule has 1 N–H and O–H groups in total. The van der Waals surface area contributed by atoms with Gasteiger partial charge in [-0.05, 0) is 35.4 Å². The SMILES string of the molecule is Cc1cccc(C(C)C)c1NC(=O)CN1CCN(Cc2nc(-c3cccs3)no2)CC1. The summed E-state index contributed by atoms with van der Waals surface area (Å²) in [4.78, 5) is 22.7. The van der Waals surface area contributed by atoms with E-state index in [1.54, 1.807) is 11.3 Å². The van der Waals surface area contributed by atoms with E-state index in [1.165, 1.54) is 5.56 Å². The lowest BCUT2D eigenvalue weighted by Crippen LogP contribution is -2.48. The molecule has 1 fully saturated rings. The first-order valence-electron chi connectivity index (χ1n) is 10.7. The third-order valence-corrected chi connectivity index (χ3v) is 6.46. The number of nitrogens with zero attached hydrogens (tertiary/aromatic N) is 4. The molecule has 0 radical (unpaired) electrons. The normalized spacial score (nSPS) is 15.5. The number of rotatable bonds is 7. The minimum atomic E-state index is 0.0436. The molecule has 1 aromatic carbocycles. The van der Waals surface area contributed by atoms with Gasteiger partial charge in [-0.25, -0.2) is 0 Å². The van der Waals surface area contributed by atoms with E-state index in [2.05, 4.69) is 45.2 Å². The zero-order valence-electron chi connectivity index (χ0n) is 18.3. The number of benzene rings is 1. The van der Waals surface area contributed by atoms with Crippen molar-refractivity contribution in [2.24, 2.45) is 0 Å². The highest BCUT2D eigenvalue weighted by molar-refractivity contribution is 7.13. The Morgan fingerprint density at radius 2 is 1.94 bits per heavy atom. The van der Waals surface area contributed by atoms with Gasteiger partial charge >= 0.3 is 0 Å². The number of anilines is 1. The number of carbonyl (C=O) groups excluding carboxylic acids is 1. The van der Waals surface area contributed by atoms with E-state index in [4.69, 9.17) is 4.52 Å². The van der Waals surface area contributed by atoms with Crippen molar-refractivity contribution in [1.29, 1.82) is 0 Å². The van der Waals surface area contributed by atoms with Crippen molar-refractivity contribution in [3.05, 3.63) is 52.7 Å². The van der Waals surface area contributed by atoms with Crippen LogP contribution in [0.1, 0.15) is 36.8 Å². The van der Waals surface area contributed by atoms with Gasteiger partial charge in [0.15, 0.2) is 0 Å². The number of aromatic nitrogens is 2. The number of para-hydroxylation sites is 1. The van der Waals surface area contributed by atoms with Gasteiger partial charge in [-0.2, -0.15) is 4.98 Å². The molecule has 1 saturated heterocycles. The lowest BCUT2D eigenvalue weighted by molar-refractivity contribution is -0.117. The molecule has 1 amide bonds. The first-order valence-corrected chi connectivity index (χ1v) is 11.6. The molecule has 0 spiro atoms. The summed E-state index contributed by atoms with van der Waals surface area (Å²) in [5.74, 6) is 1.69. The Morgan fingerprint density at radius 1 is 1.16 bits per heavy atom. The van der Waals surface area contributed by atoms with Gasteiger partial charge in [0.2, 0.25) is 17.6 Å². The standard InChI is InChI=1S/C23H29N5O2S/c1-16(2)18-7-4-6-17(3)22(18)24-20(29)14-27-9-11-28(12-10-27)15-21-25-23(26-30-21)19-8-5-13-31-19/h4-8,13,16H,9-12,14-15H2,1-3H3,(H,24,29). The Morgan fingerprint density at radius 3 is 2.65 bits per heavy atom. The second-order valence-electron chi connectivity index (χ2n) is 8.28. The summed E-state index contributed by atoms with van der Waals surface area (Å²) in [5.41, 5.74) is 3.24. The molecule has 1 aliphatic heterocycles. The van der Waals surface area contributed by atoms with Crippen molar-refractivity contribution in [2.75, 3.05) is 38.0 Å². The Bertz CT molecular complexity index is 1010. The van der Waals surface area contributed by atoms with Crippen LogP contribution < -0.4 is 5.32 Å². The van der Waals surface area contributed by atoms with E-state index < -0.39 is 0 Å². The van der Waals surface area contributed by atoms with Gasteiger partial charge in [0.25, 0.3) is 0 Å². The molecule has 4 rings (SSSR count). The predicted octanol–water partition coefficient (Wildman–Crippen LogP) is 3.99. The van der Waals surface area contributed by atoms with E-state index >= 15 is 0 Å². The monoisotopic (exact) mass is 439 g/mol. The minimum absolute atomic E-state index is 0.0436. The molecule has 0 saturated carbocycles. The predicted molar refractivity (Wildman–Crippen MR) is 123 cm³/mol. The third kappa shape index (κ3) is 5.39. The molecule has 2 aromatic heterocycles. The van der Waals surface area contributed by atoms with Crippen LogP contribution in [0.25, 0.3) is 10.7 Å². The van der Waals surface area contributed by atoms with Crippen LogP contribution in [0.4, 0.5) is 5.69 Å². The molecule has 3 heterocycles. The van der Waals surface area contributed by atoms with Crippen LogP contribution in [-0.4, -0.2) is 58.6 Å². The lowest BCUT2D eigenvalue weighted by Gasteiger charge is -2.33. The summed E-state index contributed by atoms with van der Waals surface area (Å²) < 4.78 is 5.42. The molecule has 0 bridgehead atoms. The van der Waals surface area contributed by atoms with Gasteiger partial charge in [0, 0.05) is 31.9 Å². The molecule has 8 heteroatoms. The highest BCUT2D eigenvalue weighted by Gasteiger charge is 2.22. The maximum Gasteiger partial charge on any atom is 0.241 e. The summed E-state index contributed by atoms with van der Waals surface area (Å²) in [6.45, 7) is 10.8. The van der Waals surface area contributed by atoms with Gasteiger partial charge in [0.1, 0.15) is 0 Å². The van der Waals surface area contributed by atoms with Gasteiger partial charge in [-0.15, -0.1) is 11.3 Å². The maximum absolute atomic E-state index is 12.7. The molecule has 3 aromatic rings. The van der Waals surface area contributed by atoms with Crippen molar-refractivity contribution < 1.29 is 9.32 Å². The van der Waals surface area contributed by atoms with Crippen LogP contribution in [0.5, 0.6) is 0 Å². The van der Waals surface area contributed by atoms with Gasteiger partial charge in [-0.3, -0.25) is 14.6 Å². The number of hydrogen-bond donors (Lipinski definition) is 1. The van der Waals surface area contributed by atoms with Gasteiger partial charge in [0.05, 0.1) is 18.0 Å². The molecular formula is C23H29N5O2S. The zero-order valence-corrected chi connectivity index (χ0v) is 19.1. The number of carbonyl (C=O) groups is 1. The molecule has 31 heavy (non-hydrogen) atoms. The van der Waals surface area contributed by atoms with E-state index in [-0.39, 0.29) is 5.91 Å². The molecule has 0 unspecified atom stereocenters. The van der Waals surface area contributed by atoms with Crippen molar-refractivity contribution in [1.82, 2.24) is 19.9 Å². The number of aryl methyl sites for hydroxylation is 1. The van der Waals surface area contributed by atoms with E-state index in [0.717, 1.165) is 42.3 Å². The fourth-order valence-electron chi connectivity index (χ4n) is 3.85. The highest BCUT2D eigenvalue weighted by atomic mass is 32.1. The van der Waals surface area contributed by atoms with E-state index in [0.29, 0.717) is 30.7 Å². The number of nitrogens with one attached hydrogen (secondary N) is 1. The first-order chi connectivity index (χ1) is 15.0. The van der Waals surface area contributed by atoms with Crippen molar-refractivity contribution in [3.8, 4) is 10.7 Å². The van der Waals surface area contributed by atoms with Crippen LogP contribution in [0.3, 0.4) is 0 Å². The fourth-order valence-corrected chi connectivity index (χ4v) is 4.50. The van der Waals surface area contributed by atoms with Crippen LogP contribution in [0.2, 0.25) is 0 Å². The number of amides is 1. The second kappa shape index (κ2) is 9.72. The summed E-state index contributed by atoms with van der Waals surface area (Å²) in [6, 6.07) is 10.2. The van der Waals surface area contributed by atoms with E-state index in [9.17, 15) is 4.79 Å². The average Bonchev–Trinajstić information content (AvgIpc) is 3.43. The second-order valence-corrected chi connectivity index (χ2v) is 9.23. The third-order valence-electron chi connectivity index (χ3n) is 5.59. The zero-order chi connectivity index (χ0) is 21.8. The maximum atomic E-state index is 12.7.